The van der Waals surface area contributed by atoms with Gasteiger partial charge in [0.1, 0.15) is 22.9 Å². The number of imidazole rings is 1. The Morgan fingerprint density at radius 1 is 0.857 bits per heavy atom. The molecule has 1 atom stereocenters. The van der Waals surface area contributed by atoms with Gasteiger partial charge in [-0.1, -0.05) is 54.6 Å². The summed E-state index contributed by atoms with van der Waals surface area (Å²) in [4.78, 5) is 16.6. The Morgan fingerprint density at radius 3 is 2.17 bits per heavy atom. The molecule has 1 aliphatic rings. The second kappa shape index (κ2) is 7.84. The summed E-state index contributed by atoms with van der Waals surface area (Å²) in [6, 6.07) is 30.8. The first kappa shape index (κ1) is 21.2. The lowest BCUT2D eigenvalue weighted by Crippen LogP contribution is -2.34. The zero-order valence-corrected chi connectivity index (χ0v) is 19.8. The molecule has 4 aromatic carbocycles. The van der Waals surface area contributed by atoms with Gasteiger partial charge in [-0.2, -0.15) is 0 Å². The molecule has 0 N–H and O–H groups in total. The highest BCUT2D eigenvalue weighted by Gasteiger charge is 2.47. The van der Waals surface area contributed by atoms with Gasteiger partial charge in [0.2, 0.25) is 0 Å². The van der Waals surface area contributed by atoms with Crippen LogP contribution in [-0.4, -0.2) is 22.6 Å². The molecule has 0 amide bonds. The molecule has 0 radical (unpaired) electrons. The maximum atomic E-state index is 11.5. The fraction of sp³-hybridized carbons (Fsp3) is 0.133. The third kappa shape index (κ3) is 3.08. The molecule has 172 valence electrons. The average Bonchev–Trinajstić information content (AvgIpc) is 3.38. The molecule has 0 saturated carbocycles. The number of methoxy groups -OCH3 is 1. The third-order valence-electron chi connectivity index (χ3n) is 6.74. The molecule has 5 aromatic rings. The maximum absolute atomic E-state index is 11.5. The molecule has 5 heteroatoms. The first-order chi connectivity index (χ1) is 17.0. The van der Waals surface area contributed by atoms with Crippen LogP contribution in [0.1, 0.15) is 29.2 Å². The van der Waals surface area contributed by atoms with E-state index in [4.69, 9.17) is 14.5 Å². The van der Waals surface area contributed by atoms with Crippen molar-refractivity contribution in [2.24, 2.45) is 0 Å². The summed E-state index contributed by atoms with van der Waals surface area (Å²) >= 11 is 0. The van der Waals surface area contributed by atoms with Crippen LogP contribution in [0.2, 0.25) is 0 Å². The summed E-state index contributed by atoms with van der Waals surface area (Å²) in [6.07, 6.45) is 0. The fourth-order valence-electron chi connectivity index (χ4n) is 5.32. The summed E-state index contributed by atoms with van der Waals surface area (Å²) < 4.78 is 13.2. The van der Waals surface area contributed by atoms with Crippen LogP contribution < -0.4 is 9.47 Å². The van der Waals surface area contributed by atoms with Crippen LogP contribution >= 0.6 is 0 Å². The summed E-state index contributed by atoms with van der Waals surface area (Å²) in [5.74, 6) is 1.91. The van der Waals surface area contributed by atoms with Crippen molar-refractivity contribution in [1.82, 2.24) is 9.55 Å². The number of rotatable bonds is 4. The molecule has 0 bridgehead atoms. The van der Waals surface area contributed by atoms with Crippen molar-refractivity contribution in [3.63, 3.8) is 0 Å². The van der Waals surface area contributed by atoms with Gasteiger partial charge in [-0.3, -0.25) is 4.79 Å². The van der Waals surface area contributed by atoms with E-state index in [1.807, 2.05) is 36.4 Å². The van der Waals surface area contributed by atoms with E-state index in [1.165, 1.54) is 12.5 Å². The second-order valence-corrected chi connectivity index (χ2v) is 8.87. The molecule has 0 fully saturated rings. The Hall–Kier alpha value is -4.38. The van der Waals surface area contributed by atoms with Gasteiger partial charge in [-0.25, -0.2) is 4.98 Å². The smallest absolute Gasteiger partial charge is 0.308 e. The number of fused-ring (bicyclic) bond motifs is 5. The van der Waals surface area contributed by atoms with E-state index in [9.17, 15) is 4.79 Å². The van der Waals surface area contributed by atoms with Crippen molar-refractivity contribution in [2.45, 2.75) is 19.4 Å². The first-order valence-electron chi connectivity index (χ1n) is 11.6. The lowest BCUT2D eigenvalue weighted by molar-refractivity contribution is -0.131. The minimum Gasteiger partial charge on any atom is -0.497 e. The molecular weight excluding hydrogens is 436 g/mol. The summed E-state index contributed by atoms with van der Waals surface area (Å²) in [5, 5.41) is 0. The Balaban J connectivity index is 1.73. The van der Waals surface area contributed by atoms with E-state index in [-0.39, 0.29) is 5.97 Å². The summed E-state index contributed by atoms with van der Waals surface area (Å²) in [7, 11) is 1.67. The Labute approximate surface area is 203 Å². The van der Waals surface area contributed by atoms with E-state index in [0.29, 0.717) is 5.75 Å². The quantitative estimate of drug-likeness (QED) is 0.236. The third-order valence-corrected chi connectivity index (χ3v) is 6.74. The second-order valence-electron chi connectivity index (χ2n) is 8.87. The molecule has 1 aromatic heterocycles. The van der Waals surface area contributed by atoms with E-state index >= 15 is 0 Å². The van der Waals surface area contributed by atoms with Crippen LogP contribution in [0.5, 0.6) is 11.5 Å². The van der Waals surface area contributed by atoms with Crippen molar-refractivity contribution in [3.8, 4) is 22.9 Å². The molecule has 0 spiro atoms. The highest BCUT2D eigenvalue weighted by Crippen LogP contribution is 2.53. The molecule has 1 unspecified atom stereocenters. The normalized spacial score (nSPS) is 16.1. The first-order valence-corrected chi connectivity index (χ1v) is 11.6. The topological polar surface area (TPSA) is 53.4 Å². The number of carbonyl (C=O) groups is 1. The van der Waals surface area contributed by atoms with Gasteiger partial charge in [-0.15, -0.1) is 0 Å². The highest BCUT2D eigenvalue weighted by atomic mass is 16.5. The number of hydrogen-bond acceptors (Lipinski definition) is 4. The molecule has 6 rings (SSSR count). The molecule has 0 aliphatic carbocycles. The van der Waals surface area contributed by atoms with Gasteiger partial charge in [0.05, 0.1) is 18.1 Å². The van der Waals surface area contributed by atoms with Crippen molar-refractivity contribution >= 4 is 17.0 Å². The van der Waals surface area contributed by atoms with Gasteiger partial charge in [-0.05, 0) is 65.6 Å². The lowest BCUT2D eigenvalue weighted by atomic mass is 9.77. The predicted molar refractivity (Wildman–Crippen MR) is 136 cm³/mol. The number of carbonyl (C=O) groups excluding carboxylic acids is 1. The maximum Gasteiger partial charge on any atom is 0.308 e. The molecular formula is C30H24N2O3. The van der Waals surface area contributed by atoms with Crippen molar-refractivity contribution in [2.75, 3.05) is 7.11 Å². The average molecular weight is 461 g/mol. The van der Waals surface area contributed by atoms with Crippen molar-refractivity contribution in [1.29, 1.82) is 0 Å². The van der Waals surface area contributed by atoms with Crippen molar-refractivity contribution < 1.29 is 14.3 Å². The lowest BCUT2D eigenvalue weighted by Gasteiger charge is -2.35. The van der Waals surface area contributed by atoms with Crippen LogP contribution in [0, 0.1) is 6.92 Å². The van der Waals surface area contributed by atoms with Gasteiger partial charge in [0.15, 0.2) is 0 Å². The molecule has 2 heterocycles. The number of aromatic nitrogens is 2. The van der Waals surface area contributed by atoms with E-state index in [0.717, 1.165) is 44.9 Å². The zero-order valence-electron chi connectivity index (χ0n) is 19.8. The predicted octanol–water partition coefficient (Wildman–Crippen LogP) is 6.10. The zero-order chi connectivity index (χ0) is 24.2. The number of ether oxygens (including phenoxy) is 2. The molecule has 35 heavy (non-hydrogen) atoms. The molecule has 0 saturated heterocycles. The van der Waals surface area contributed by atoms with Crippen LogP contribution in [0.3, 0.4) is 0 Å². The van der Waals surface area contributed by atoms with Crippen molar-refractivity contribution in [3.05, 3.63) is 113 Å². The van der Waals surface area contributed by atoms with Gasteiger partial charge < -0.3 is 14.0 Å². The minimum atomic E-state index is -0.671. The standard InChI is InChI=1S/C30H24N2O3/c1-19-8-17-27-28(18-19)32-29(31-27)25-6-4-5-7-26(25)30(32,21-9-13-23(34-3)14-10-21)22-11-15-24(16-12-22)35-20(2)33/h4-18H,1-3H3. The number of aryl methyl sites for hydroxylation is 1. The van der Waals surface area contributed by atoms with E-state index in [1.54, 1.807) is 7.11 Å². The van der Waals surface area contributed by atoms with E-state index < -0.39 is 5.54 Å². The fourth-order valence-corrected chi connectivity index (χ4v) is 5.32. The summed E-state index contributed by atoms with van der Waals surface area (Å²) in [5.41, 5.74) is 6.90. The number of esters is 1. The summed E-state index contributed by atoms with van der Waals surface area (Å²) in [6.45, 7) is 3.51. The van der Waals surface area contributed by atoms with Crippen LogP contribution in [-0.2, 0) is 10.3 Å². The van der Waals surface area contributed by atoms with Crippen LogP contribution in [0.4, 0.5) is 0 Å². The van der Waals surface area contributed by atoms with Gasteiger partial charge in [0.25, 0.3) is 0 Å². The van der Waals surface area contributed by atoms with Gasteiger partial charge >= 0.3 is 5.97 Å². The molecule has 1 aliphatic heterocycles. The number of benzene rings is 4. The molecule has 5 nitrogen and oxygen atoms in total. The largest absolute Gasteiger partial charge is 0.497 e. The monoisotopic (exact) mass is 460 g/mol. The van der Waals surface area contributed by atoms with Gasteiger partial charge in [0, 0.05) is 12.5 Å². The minimum absolute atomic E-state index is 0.341. The SMILES string of the molecule is COc1ccc(C2(c3ccc(OC(C)=O)cc3)c3ccccc3-c3nc4ccc(C)cc4n32)cc1. The Kier molecular flexibility index (Phi) is 4.74. The van der Waals surface area contributed by atoms with Crippen LogP contribution in [0.25, 0.3) is 22.4 Å². The Bertz CT molecular complexity index is 1580. The van der Waals surface area contributed by atoms with E-state index in [2.05, 4.69) is 66.1 Å². The van der Waals surface area contributed by atoms with Crippen LogP contribution in [0.15, 0.2) is 91.0 Å². The number of hydrogen-bond donors (Lipinski definition) is 0. The Morgan fingerprint density at radius 2 is 1.51 bits per heavy atom. The number of nitrogens with zero attached hydrogens (tertiary/aromatic N) is 2. The highest BCUT2D eigenvalue weighted by molar-refractivity contribution is 5.88.